The van der Waals surface area contributed by atoms with Crippen molar-refractivity contribution in [1.82, 2.24) is 4.98 Å². The van der Waals surface area contributed by atoms with Gasteiger partial charge in [0.25, 0.3) is 0 Å². The molecule has 1 N–H and O–H groups in total. The zero-order valence-electron chi connectivity index (χ0n) is 8.32. The number of nitrogens with zero attached hydrogens (tertiary/aromatic N) is 1. The van der Waals surface area contributed by atoms with Crippen LogP contribution in [-0.2, 0) is 6.18 Å². The molecule has 3 nitrogen and oxygen atoms in total. The van der Waals surface area contributed by atoms with Crippen molar-refractivity contribution in [2.24, 2.45) is 0 Å². The second-order valence-electron chi connectivity index (χ2n) is 3.39. The molecule has 2 rings (SSSR count). The molecule has 6 heteroatoms. The third-order valence-electron chi connectivity index (χ3n) is 2.34. The smallest absolute Gasteiger partial charge is 0.417 e. The predicted octanol–water partition coefficient (Wildman–Crippen LogP) is 2.95. The van der Waals surface area contributed by atoms with Crippen LogP contribution in [-0.4, -0.2) is 16.1 Å². The standard InChI is InChI=1S/C11H6F3NO2/c12-11(13,14)8-2-1-6-3-4-15-5-7(6)9(8)10(16)17/h1-5H,(H,16,17). The van der Waals surface area contributed by atoms with Gasteiger partial charge in [0.2, 0.25) is 0 Å². The number of rotatable bonds is 1. The normalized spacial score (nSPS) is 11.7. The van der Waals surface area contributed by atoms with E-state index in [9.17, 15) is 18.0 Å². The topological polar surface area (TPSA) is 50.2 Å². The summed E-state index contributed by atoms with van der Waals surface area (Å²) in [4.78, 5) is 14.6. The maximum absolute atomic E-state index is 12.7. The van der Waals surface area contributed by atoms with Crippen molar-refractivity contribution < 1.29 is 23.1 Å². The minimum absolute atomic E-state index is 0.0187. The number of carboxylic acid groups (broad SMARTS) is 1. The highest BCUT2D eigenvalue weighted by Gasteiger charge is 2.36. The molecule has 0 bridgehead atoms. The van der Waals surface area contributed by atoms with Crippen molar-refractivity contribution in [3.8, 4) is 0 Å². The molecule has 2 aromatic rings. The lowest BCUT2D eigenvalue weighted by molar-refractivity contribution is -0.138. The molecule has 0 fully saturated rings. The van der Waals surface area contributed by atoms with Gasteiger partial charge in [-0.3, -0.25) is 4.98 Å². The van der Waals surface area contributed by atoms with Gasteiger partial charge >= 0.3 is 12.1 Å². The lowest BCUT2D eigenvalue weighted by Crippen LogP contribution is -2.13. The van der Waals surface area contributed by atoms with Crippen molar-refractivity contribution >= 4 is 16.7 Å². The number of hydrogen-bond donors (Lipinski definition) is 1. The fourth-order valence-electron chi connectivity index (χ4n) is 1.63. The van der Waals surface area contributed by atoms with E-state index in [0.717, 1.165) is 12.3 Å². The Kier molecular flexibility index (Phi) is 2.49. The average Bonchev–Trinajstić information content (AvgIpc) is 2.26. The molecule has 1 heterocycles. The molecular weight excluding hydrogens is 235 g/mol. The number of carbonyl (C=O) groups is 1. The first-order valence-electron chi connectivity index (χ1n) is 4.58. The summed E-state index contributed by atoms with van der Waals surface area (Å²) >= 11 is 0. The zero-order chi connectivity index (χ0) is 12.6. The molecule has 0 saturated carbocycles. The van der Waals surface area contributed by atoms with E-state index in [4.69, 9.17) is 5.11 Å². The molecule has 0 aliphatic heterocycles. The summed E-state index contributed by atoms with van der Waals surface area (Å²) in [5.74, 6) is -1.61. The SMILES string of the molecule is O=C(O)c1c(C(F)(F)F)ccc2ccncc12. The predicted molar refractivity (Wildman–Crippen MR) is 53.7 cm³/mol. The molecule has 0 aliphatic carbocycles. The molecule has 0 amide bonds. The van der Waals surface area contributed by atoms with Crippen LogP contribution < -0.4 is 0 Å². The van der Waals surface area contributed by atoms with Crippen LogP contribution in [0.1, 0.15) is 15.9 Å². The van der Waals surface area contributed by atoms with Gasteiger partial charge in [-0.2, -0.15) is 13.2 Å². The summed E-state index contributed by atoms with van der Waals surface area (Å²) in [5.41, 5.74) is -1.92. The molecule has 0 spiro atoms. The molecule has 0 radical (unpaired) electrons. The molecule has 0 aliphatic rings. The van der Waals surface area contributed by atoms with Gasteiger partial charge in [0, 0.05) is 17.8 Å². The molecule has 0 atom stereocenters. The van der Waals surface area contributed by atoms with Gasteiger partial charge < -0.3 is 5.11 Å². The summed E-state index contributed by atoms with van der Waals surface area (Å²) in [6.07, 6.45) is -2.19. The first-order valence-corrected chi connectivity index (χ1v) is 4.58. The van der Waals surface area contributed by atoms with Crippen molar-refractivity contribution in [2.75, 3.05) is 0 Å². The van der Waals surface area contributed by atoms with Crippen LogP contribution in [0.15, 0.2) is 30.6 Å². The minimum atomic E-state index is -4.70. The van der Waals surface area contributed by atoms with Gasteiger partial charge in [0.1, 0.15) is 0 Å². The van der Waals surface area contributed by atoms with Crippen LogP contribution in [0.4, 0.5) is 13.2 Å². The van der Waals surface area contributed by atoms with E-state index in [-0.39, 0.29) is 5.39 Å². The van der Waals surface area contributed by atoms with Crippen molar-refractivity contribution in [3.05, 3.63) is 41.7 Å². The zero-order valence-corrected chi connectivity index (χ0v) is 8.32. The molecule has 17 heavy (non-hydrogen) atoms. The fourth-order valence-corrected chi connectivity index (χ4v) is 1.63. The van der Waals surface area contributed by atoms with Crippen molar-refractivity contribution in [1.29, 1.82) is 0 Å². The quantitative estimate of drug-likeness (QED) is 0.835. The number of hydrogen-bond acceptors (Lipinski definition) is 2. The Labute approximate surface area is 93.5 Å². The van der Waals surface area contributed by atoms with Crippen LogP contribution in [0.3, 0.4) is 0 Å². The van der Waals surface area contributed by atoms with Gasteiger partial charge in [0.05, 0.1) is 11.1 Å². The summed E-state index contributed by atoms with van der Waals surface area (Å²) in [6.45, 7) is 0. The maximum Gasteiger partial charge on any atom is 0.417 e. The highest BCUT2D eigenvalue weighted by molar-refractivity contribution is 6.04. The number of halogens is 3. The number of benzene rings is 1. The highest BCUT2D eigenvalue weighted by atomic mass is 19.4. The molecular formula is C11H6F3NO2. The maximum atomic E-state index is 12.7. The second-order valence-corrected chi connectivity index (χ2v) is 3.39. The number of aromatic nitrogens is 1. The molecule has 88 valence electrons. The Morgan fingerprint density at radius 1 is 1.24 bits per heavy atom. The Morgan fingerprint density at radius 3 is 2.53 bits per heavy atom. The third-order valence-corrected chi connectivity index (χ3v) is 2.34. The fraction of sp³-hybridized carbons (Fsp3) is 0.0909. The summed E-state index contributed by atoms with van der Waals surface area (Å²) in [6, 6.07) is 3.46. The van der Waals surface area contributed by atoms with E-state index in [0.29, 0.717) is 5.39 Å². The second kappa shape index (κ2) is 3.73. The van der Waals surface area contributed by atoms with Crippen LogP contribution in [0.25, 0.3) is 10.8 Å². The largest absolute Gasteiger partial charge is 0.478 e. The number of alkyl halides is 3. The minimum Gasteiger partial charge on any atom is -0.478 e. The average molecular weight is 241 g/mol. The van der Waals surface area contributed by atoms with E-state index in [1.165, 1.54) is 18.3 Å². The first kappa shape index (κ1) is 11.4. The van der Waals surface area contributed by atoms with Gasteiger partial charge in [-0.1, -0.05) is 6.07 Å². The molecule has 1 aromatic carbocycles. The molecule has 1 aromatic heterocycles. The van der Waals surface area contributed by atoms with Crippen LogP contribution in [0, 0.1) is 0 Å². The van der Waals surface area contributed by atoms with Gasteiger partial charge in [-0.15, -0.1) is 0 Å². The number of carboxylic acids is 1. The number of aromatic carboxylic acids is 1. The Balaban J connectivity index is 2.87. The van der Waals surface area contributed by atoms with Gasteiger partial charge in [0.15, 0.2) is 0 Å². The van der Waals surface area contributed by atoms with E-state index in [1.807, 2.05) is 0 Å². The molecule has 0 saturated heterocycles. The summed E-state index contributed by atoms with van der Waals surface area (Å²) in [7, 11) is 0. The van der Waals surface area contributed by atoms with Crippen LogP contribution in [0.5, 0.6) is 0 Å². The van der Waals surface area contributed by atoms with Crippen molar-refractivity contribution in [2.45, 2.75) is 6.18 Å². The van der Waals surface area contributed by atoms with Crippen molar-refractivity contribution in [3.63, 3.8) is 0 Å². The monoisotopic (exact) mass is 241 g/mol. The number of fused-ring (bicyclic) bond motifs is 1. The number of pyridine rings is 1. The first-order chi connectivity index (χ1) is 7.91. The van der Waals surface area contributed by atoms with E-state index in [2.05, 4.69) is 4.98 Å². The summed E-state index contributed by atoms with van der Waals surface area (Å²) < 4.78 is 38.0. The Bertz CT molecular complexity index is 593. The van der Waals surface area contributed by atoms with Crippen LogP contribution in [0.2, 0.25) is 0 Å². The lowest BCUT2D eigenvalue weighted by Gasteiger charge is -2.12. The van der Waals surface area contributed by atoms with E-state index in [1.54, 1.807) is 0 Å². The summed E-state index contributed by atoms with van der Waals surface area (Å²) in [5, 5.41) is 9.29. The third kappa shape index (κ3) is 1.93. The Morgan fingerprint density at radius 2 is 1.94 bits per heavy atom. The lowest BCUT2D eigenvalue weighted by atomic mass is 10.0. The highest BCUT2D eigenvalue weighted by Crippen LogP contribution is 2.35. The van der Waals surface area contributed by atoms with E-state index < -0.39 is 23.3 Å². The molecule has 0 unspecified atom stereocenters. The van der Waals surface area contributed by atoms with Crippen LogP contribution >= 0.6 is 0 Å². The Hall–Kier alpha value is -2.11. The van der Waals surface area contributed by atoms with E-state index >= 15 is 0 Å². The van der Waals surface area contributed by atoms with Gasteiger partial charge in [-0.05, 0) is 17.5 Å². The van der Waals surface area contributed by atoms with Gasteiger partial charge in [-0.25, -0.2) is 4.79 Å².